The van der Waals surface area contributed by atoms with Gasteiger partial charge in [0.25, 0.3) is 10.0 Å². The number of rotatable bonds is 6. The Balaban J connectivity index is 2.35. The molecule has 0 radical (unpaired) electrons. The molecule has 0 aliphatic carbocycles. The van der Waals surface area contributed by atoms with Crippen molar-refractivity contribution in [3.8, 4) is 0 Å². The SMILES string of the molecule is CCN(Cc1ccc(Br)s1)S(=O)(=O)c1scnc1C(=O)O. The fourth-order valence-corrected chi connectivity index (χ4v) is 5.94. The van der Waals surface area contributed by atoms with Gasteiger partial charge in [-0.05, 0) is 28.1 Å². The Hall–Kier alpha value is -0.810. The van der Waals surface area contributed by atoms with Crippen LogP contribution in [-0.2, 0) is 16.6 Å². The van der Waals surface area contributed by atoms with Gasteiger partial charge in [-0.2, -0.15) is 4.31 Å². The van der Waals surface area contributed by atoms with Crippen LogP contribution in [0.25, 0.3) is 0 Å². The first-order valence-electron chi connectivity index (χ1n) is 5.77. The number of carbonyl (C=O) groups is 1. The number of aromatic carboxylic acids is 1. The number of thiazole rings is 1. The zero-order valence-electron chi connectivity index (χ0n) is 10.8. The lowest BCUT2D eigenvalue weighted by molar-refractivity contribution is 0.0687. The summed E-state index contributed by atoms with van der Waals surface area (Å²) in [6, 6.07) is 3.67. The van der Waals surface area contributed by atoms with Gasteiger partial charge in [0.05, 0.1) is 9.30 Å². The highest BCUT2D eigenvalue weighted by molar-refractivity contribution is 9.11. The van der Waals surface area contributed by atoms with E-state index in [9.17, 15) is 13.2 Å². The highest BCUT2D eigenvalue weighted by Gasteiger charge is 2.31. The zero-order chi connectivity index (χ0) is 15.6. The molecule has 0 saturated heterocycles. The fraction of sp³-hybridized carbons (Fsp3) is 0.273. The van der Waals surface area contributed by atoms with Crippen LogP contribution in [0.2, 0.25) is 0 Å². The molecule has 0 atom stereocenters. The summed E-state index contributed by atoms with van der Waals surface area (Å²) in [6.07, 6.45) is 0. The lowest BCUT2D eigenvalue weighted by Crippen LogP contribution is -2.30. The standard InChI is InChI=1S/C11H11BrN2O4S3/c1-2-14(5-7-3-4-8(12)20-7)21(17,18)11-9(10(15)16)13-6-19-11/h3-4,6H,2,5H2,1H3,(H,15,16). The second-order valence-corrected chi connectivity index (χ2v) is 9.47. The monoisotopic (exact) mass is 410 g/mol. The van der Waals surface area contributed by atoms with Gasteiger partial charge in [-0.15, -0.1) is 22.7 Å². The first-order valence-corrected chi connectivity index (χ1v) is 9.70. The van der Waals surface area contributed by atoms with Gasteiger partial charge in [0.1, 0.15) is 0 Å². The van der Waals surface area contributed by atoms with Crippen molar-refractivity contribution >= 4 is 54.6 Å². The van der Waals surface area contributed by atoms with Crippen molar-refractivity contribution in [2.24, 2.45) is 0 Å². The highest BCUT2D eigenvalue weighted by Crippen LogP contribution is 2.28. The number of carboxylic acids is 1. The predicted molar refractivity (Wildman–Crippen MR) is 84.4 cm³/mol. The minimum absolute atomic E-state index is 0.200. The molecule has 0 bridgehead atoms. The molecule has 0 aromatic carbocycles. The molecule has 0 aliphatic heterocycles. The van der Waals surface area contributed by atoms with Gasteiger partial charge >= 0.3 is 5.97 Å². The van der Waals surface area contributed by atoms with E-state index in [2.05, 4.69) is 20.9 Å². The third kappa shape index (κ3) is 3.51. The largest absolute Gasteiger partial charge is 0.476 e. The number of aromatic nitrogens is 1. The summed E-state index contributed by atoms with van der Waals surface area (Å²) in [5.41, 5.74) is 0.803. The zero-order valence-corrected chi connectivity index (χ0v) is 14.9. The first-order chi connectivity index (χ1) is 9.86. The van der Waals surface area contributed by atoms with Gasteiger partial charge < -0.3 is 5.11 Å². The third-order valence-electron chi connectivity index (χ3n) is 2.63. The molecule has 2 aromatic rings. The van der Waals surface area contributed by atoms with E-state index in [1.54, 1.807) is 6.92 Å². The Morgan fingerprint density at radius 3 is 2.71 bits per heavy atom. The molecule has 114 valence electrons. The van der Waals surface area contributed by atoms with Gasteiger partial charge in [0.15, 0.2) is 9.90 Å². The van der Waals surface area contributed by atoms with Gasteiger partial charge in [-0.25, -0.2) is 18.2 Å². The van der Waals surface area contributed by atoms with Crippen LogP contribution in [0.1, 0.15) is 22.3 Å². The van der Waals surface area contributed by atoms with Gasteiger partial charge in [0.2, 0.25) is 0 Å². The van der Waals surface area contributed by atoms with E-state index in [1.165, 1.54) is 21.2 Å². The summed E-state index contributed by atoms with van der Waals surface area (Å²) in [6.45, 7) is 2.16. The molecule has 2 aromatic heterocycles. The quantitative estimate of drug-likeness (QED) is 0.790. The summed E-state index contributed by atoms with van der Waals surface area (Å²) in [4.78, 5) is 15.5. The summed E-state index contributed by atoms with van der Waals surface area (Å²) in [5.74, 6) is -1.34. The predicted octanol–water partition coefficient (Wildman–Crippen LogP) is 2.88. The summed E-state index contributed by atoms with van der Waals surface area (Å²) in [7, 11) is -3.87. The van der Waals surface area contributed by atoms with E-state index in [0.29, 0.717) is 0 Å². The molecule has 2 rings (SSSR count). The van der Waals surface area contributed by atoms with Crippen LogP contribution in [-0.4, -0.2) is 35.3 Å². The van der Waals surface area contributed by atoms with E-state index < -0.39 is 21.7 Å². The smallest absolute Gasteiger partial charge is 0.356 e. The molecule has 0 fully saturated rings. The van der Waals surface area contributed by atoms with Crippen LogP contribution in [0.15, 0.2) is 25.6 Å². The molecule has 2 heterocycles. The molecule has 0 unspecified atom stereocenters. The Morgan fingerprint density at radius 2 is 2.19 bits per heavy atom. The van der Waals surface area contributed by atoms with Crippen LogP contribution in [0.4, 0.5) is 0 Å². The van der Waals surface area contributed by atoms with Crippen molar-refractivity contribution in [1.29, 1.82) is 0 Å². The van der Waals surface area contributed by atoms with Crippen LogP contribution >= 0.6 is 38.6 Å². The highest BCUT2D eigenvalue weighted by atomic mass is 79.9. The summed E-state index contributed by atoms with van der Waals surface area (Å²) in [5, 5.41) is 9.02. The lowest BCUT2D eigenvalue weighted by Gasteiger charge is -2.18. The second-order valence-electron chi connectivity index (χ2n) is 3.93. The van der Waals surface area contributed by atoms with E-state index >= 15 is 0 Å². The maximum atomic E-state index is 12.6. The molecule has 1 N–H and O–H groups in total. The number of thiophene rings is 1. The second kappa shape index (κ2) is 6.53. The molecule has 0 spiro atoms. The lowest BCUT2D eigenvalue weighted by atomic mass is 10.4. The maximum Gasteiger partial charge on any atom is 0.356 e. The topological polar surface area (TPSA) is 87.6 Å². The molecule has 0 saturated carbocycles. The van der Waals surface area contributed by atoms with Crippen molar-refractivity contribution in [3.05, 3.63) is 32.0 Å². The van der Waals surface area contributed by atoms with E-state index in [4.69, 9.17) is 5.11 Å². The number of hydrogen-bond acceptors (Lipinski definition) is 6. The molecular formula is C11H11BrN2O4S3. The molecule has 0 amide bonds. The Morgan fingerprint density at radius 1 is 1.48 bits per heavy atom. The number of carboxylic acid groups (broad SMARTS) is 1. The third-order valence-corrected chi connectivity index (χ3v) is 7.50. The fourth-order valence-electron chi connectivity index (χ4n) is 1.66. The molecule has 21 heavy (non-hydrogen) atoms. The van der Waals surface area contributed by atoms with E-state index in [-0.39, 0.29) is 17.3 Å². The average Bonchev–Trinajstić information content (AvgIpc) is 3.04. The first kappa shape index (κ1) is 16.6. The van der Waals surface area contributed by atoms with Crippen molar-refractivity contribution < 1.29 is 18.3 Å². The Kier molecular flexibility index (Phi) is 5.15. The maximum absolute atomic E-state index is 12.6. The summed E-state index contributed by atoms with van der Waals surface area (Å²) >= 11 is 5.58. The minimum Gasteiger partial charge on any atom is -0.476 e. The van der Waals surface area contributed by atoms with Crippen LogP contribution < -0.4 is 0 Å². The Bertz CT molecular complexity index is 753. The average molecular weight is 411 g/mol. The van der Waals surface area contributed by atoms with Crippen molar-refractivity contribution in [3.63, 3.8) is 0 Å². The van der Waals surface area contributed by atoms with E-state index in [0.717, 1.165) is 20.0 Å². The molecular weight excluding hydrogens is 400 g/mol. The normalized spacial score (nSPS) is 12.0. The van der Waals surface area contributed by atoms with Gasteiger partial charge in [-0.3, -0.25) is 0 Å². The summed E-state index contributed by atoms with van der Waals surface area (Å²) < 4.78 is 27.1. The van der Waals surface area contributed by atoms with Gasteiger partial charge in [-0.1, -0.05) is 6.92 Å². The molecule has 6 nitrogen and oxygen atoms in total. The van der Waals surface area contributed by atoms with Gasteiger partial charge in [0, 0.05) is 18.0 Å². The van der Waals surface area contributed by atoms with Crippen LogP contribution in [0, 0.1) is 0 Å². The molecule has 0 aliphatic rings. The number of sulfonamides is 1. The number of halogens is 1. The molecule has 10 heteroatoms. The van der Waals surface area contributed by atoms with E-state index in [1.807, 2.05) is 12.1 Å². The van der Waals surface area contributed by atoms with Crippen LogP contribution in [0.5, 0.6) is 0 Å². The van der Waals surface area contributed by atoms with Crippen molar-refractivity contribution in [2.45, 2.75) is 17.7 Å². The number of hydrogen-bond donors (Lipinski definition) is 1. The minimum atomic E-state index is -3.87. The van der Waals surface area contributed by atoms with Crippen LogP contribution in [0.3, 0.4) is 0 Å². The van der Waals surface area contributed by atoms with Crippen molar-refractivity contribution in [2.75, 3.05) is 6.54 Å². The Labute approximate surface area is 138 Å². The number of nitrogens with zero attached hydrogens (tertiary/aromatic N) is 2. The van der Waals surface area contributed by atoms with Crippen molar-refractivity contribution in [1.82, 2.24) is 9.29 Å².